The molecule has 1 N–H and O–H groups in total. The normalized spacial score (nSPS) is 14.9. The zero-order chi connectivity index (χ0) is 38.6. The van der Waals surface area contributed by atoms with E-state index in [1.165, 1.54) is 33.4 Å². The number of allylic oxidation sites excluding steroid dienone is 5. The molecule has 3 heteroatoms. The van der Waals surface area contributed by atoms with Gasteiger partial charge in [0.05, 0.1) is 22.8 Å². The first kappa shape index (κ1) is 34.4. The topological polar surface area (TPSA) is 40.5 Å². The minimum atomic E-state index is 0.888. The number of hydrogen-bond acceptors (Lipinski definition) is 2. The summed E-state index contributed by atoms with van der Waals surface area (Å²) < 4.78 is 0. The van der Waals surface area contributed by atoms with Gasteiger partial charge < -0.3 is 4.98 Å². The highest BCUT2D eigenvalue weighted by molar-refractivity contribution is 6.35. The molecule has 2 aliphatic carbocycles. The summed E-state index contributed by atoms with van der Waals surface area (Å²) in [7, 11) is 0. The first-order valence-electron chi connectivity index (χ1n) is 19.6. The fourth-order valence-corrected chi connectivity index (χ4v) is 8.35. The summed E-state index contributed by atoms with van der Waals surface area (Å²) in [6.07, 6.45) is 8.67. The molecule has 0 saturated carbocycles. The highest BCUT2D eigenvalue weighted by Crippen LogP contribution is 2.44. The van der Waals surface area contributed by atoms with Crippen molar-refractivity contribution in [3.63, 3.8) is 0 Å². The van der Waals surface area contributed by atoms with E-state index in [-0.39, 0.29) is 0 Å². The molecule has 4 heterocycles. The lowest BCUT2D eigenvalue weighted by Gasteiger charge is -2.12. The number of aryl methyl sites for hydroxylation is 4. The van der Waals surface area contributed by atoms with Gasteiger partial charge in [-0.2, -0.15) is 0 Å². The third-order valence-corrected chi connectivity index (χ3v) is 11.3. The number of aromatic nitrogens is 1. The lowest BCUT2D eigenvalue weighted by atomic mass is 9.93. The van der Waals surface area contributed by atoms with Gasteiger partial charge >= 0.3 is 0 Å². The molecule has 5 aromatic rings. The number of aliphatic imine (C=N–C) groups is 2. The van der Waals surface area contributed by atoms with Crippen molar-refractivity contribution in [3.05, 3.63) is 248 Å². The Balaban J connectivity index is 1.39. The maximum Gasteiger partial charge on any atom is 0.0738 e. The zero-order valence-electron chi connectivity index (χ0n) is 32.6. The number of rotatable bonds is 4. The van der Waals surface area contributed by atoms with Crippen molar-refractivity contribution in [2.24, 2.45) is 9.98 Å². The largest absolute Gasteiger partial charge is 0.354 e. The van der Waals surface area contributed by atoms with E-state index in [2.05, 4.69) is 203 Å². The van der Waals surface area contributed by atoms with E-state index < -0.39 is 0 Å². The number of hydrogen-bond donors (Lipinski definition) is 1. The summed E-state index contributed by atoms with van der Waals surface area (Å²) in [6.45, 7) is 8.54. The van der Waals surface area contributed by atoms with Gasteiger partial charge in [0.1, 0.15) is 0 Å². The van der Waals surface area contributed by atoms with E-state index in [1.807, 2.05) is 0 Å². The summed E-state index contributed by atoms with van der Waals surface area (Å²) in [5, 5.41) is 2.05. The van der Waals surface area contributed by atoms with Crippen LogP contribution in [-0.2, 0) is 0 Å². The lowest BCUT2D eigenvalue weighted by molar-refractivity contribution is 1.24. The van der Waals surface area contributed by atoms with Crippen LogP contribution in [0.25, 0.3) is 33.4 Å². The quantitative estimate of drug-likeness (QED) is 0.187. The van der Waals surface area contributed by atoms with Crippen LogP contribution in [0, 0.1) is 27.7 Å². The summed E-state index contributed by atoms with van der Waals surface area (Å²) in [4.78, 5) is 14.9. The monoisotopic (exact) mass is 731 g/mol. The van der Waals surface area contributed by atoms with E-state index in [1.54, 1.807) is 0 Å². The molecule has 8 bridgehead atoms. The SMILES string of the molecule is Cc1ccc(C2=C3C=CC(=N3)C(c3ccc(C)cc3)=c3ccc([nH]3)=C(c3ccc(C)cc3)c3cc(c4cccccc3-4)C(c3ccc(C)cc3)=C3C=CC2=N3)cc1. The first-order valence-corrected chi connectivity index (χ1v) is 19.6. The molecule has 0 radical (unpaired) electrons. The molecule has 272 valence electrons. The lowest BCUT2D eigenvalue weighted by Crippen LogP contribution is -2.19. The standard InChI is InChI=1S/C54H41N3/c1-33-10-18-37(19-11-33)51-43-32-44(42-9-7-5-6-8-41(42)43)52(38-20-12-34(2)13-21-38)46-27-29-48(56-46)54(40-24-16-36(4)17-25-40)50-31-30-49(57-50)53(47-28-26-45(51)55-47)39-22-14-35(3)15-23-39/h5-32,55H,1-4H3. The third kappa shape index (κ3) is 6.18. The Kier molecular flexibility index (Phi) is 8.38. The Morgan fingerprint density at radius 1 is 0.333 bits per heavy atom. The minimum absolute atomic E-state index is 0.888. The van der Waals surface area contributed by atoms with Crippen LogP contribution in [0.4, 0.5) is 0 Å². The van der Waals surface area contributed by atoms with Gasteiger partial charge in [-0.05, 0) is 115 Å². The molecule has 5 aliphatic rings. The molecular weight excluding hydrogens is 691 g/mol. The molecule has 0 spiro atoms. The second-order valence-electron chi connectivity index (χ2n) is 15.4. The zero-order valence-corrected chi connectivity index (χ0v) is 32.6. The van der Waals surface area contributed by atoms with Gasteiger partial charge in [-0.15, -0.1) is 0 Å². The van der Waals surface area contributed by atoms with Crippen molar-refractivity contribution in [2.75, 3.05) is 0 Å². The van der Waals surface area contributed by atoms with Crippen LogP contribution in [0.1, 0.15) is 55.6 Å². The number of H-pyrrole nitrogens is 1. The number of nitrogens with zero attached hydrogens (tertiary/aromatic N) is 2. The fraction of sp³-hybridized carbons (Fsp3) is 0.0741. The number of fused-ring (bicyclic) bond motifs is 9. The fourth-order valence-electron chi connectivity index (χ4n) is 8.35. The van der Waals surface area contributed by atoms with Gasteiger partial charge in [0.25, 0.3) is 0 Å². The van der Waals surface area contributed by atoms with Crippen LogP contribution in [0.5, 0.6) is 0 Å². The number of benzene rings is 4. The first-order chi connectivity index (χ1) is 27.9. The Bertz CT molecular complexity index is 3030. The molecule has 0 atom stereocenters. The van der Waals surface area contributed by atoms with Crippen molar-refractivity contribution in [1.29, 1.82) is 0 Å². The Labute approximate surface area is 333 Å². The maximum absolute atomic E-state index is 5.54. The molecule has 10 rings (SSSR count). The van der Waals surface area contributed by atoms with Gasteiger partial charge in [-0.3, -0.25) is 0 Å². The average molecular weight is 732 g/mol. The number of aromatic amines is 1. The van der Waals surface area contributed by atoms with Crippen LogP contribution >= 0.6 is 0 Å². The van der Waals surface area contributed by atoms with E-state index in [9.17, 15) is 0 Å². The van der Waals surface area contributed by atoms with Crippen LogP contribution in [-0.4, -0.2) is 16.4 Å². The van der Waals surface area contributed by atoms with E-state index >= 15 is 0 Å². The van der Waals surface area contributed by atoms with Gasteiger partial charge in [0.2, 0.25) is 0 Å². The second kappa shape index (κ2) is 13.9. The van der Waals surface area contributed by atoms with E-state index in [0.717, 1.165) is 89.2 Å². The Hall–Kier alpha value is -7.10. The predicted octanol–water partition coefficient (Wildman–Crippen LogP) is 11.0. The van der Waals surface area contributed by atoms with Gasteiger partial charge in [-0.1, -0.05) is 150 Å². The minimum Gasteiger partial charge on any atom is -0.354 e. The van der Waals surface area contributed by atoms with Gasteiger partial charge in [-0.25, -0.2) is 9.98 Å². The van der Waals surface area contributed by atoms with Crippen molar-refractivity contribution >= 4 is 33.7 Å². The van der Waals surface area contributed by atoms with Gasteiger partial charge in [0.15, 0.2) is 0 Å². The van der Waals surface area contributed by atoms with Crippen molar-refractivity contribution in [1.82, 2.24) is 4.98 Å². The molecule has 0 fully saturated rings. The highest BCUT2D eigenvalue weighted by atomic mass is 14.8. The highest BCUT2D eigenvalue weighted by Gasteiger charge is 2.27. The van der Waals surface area contributed by atoms with E-state index in [0.29, 0.717) is 0 Å². The van der Waals surface area contributed by atoms with Crippen LogP contribution in [0.15, 0.2) is 191 Å². The molecule has 3 nitrogen and oxygen atoms in total. The molecule has 1 aromatic heterocycles. The second-order valence-corrected chi connectivity index (χ2v) is 15.4. The van der Waals surface area contributed by atoms with E-state index in [4.69, 9.17) is 9.98 Å². The predicted molar refractivity (Wildman–Crippen MR) is 238 cm³/mol. The molecular formula is C54H41N3. The molecule has 57 heavy (non-hydrogen) atoms. The smallest absolute Gasteiger partial charge is 0.0738 e. The molecule has 3 aliphatic heterocycles. The van der Waals surface area contributed by atoms with Crippen LogP contribution in [0.2, 0.25) is 0 Å². The van der Waals surface area contributed by atoms with Gasteiger partial charge in [0, 0.05) is 33.0 Å². The third-order valence-electron chi connectivity index (χ3n) is 11.3. The summed E-state index contributed by atoms with van der Waals surface area (Å²) in [5.41, 5.74) is 21.9. The van der Waals surface area contributed by atoms with Crippen molar-refractivity contribution in [3.8, 4) is 11.1 Å². The molecule has 0 amide bonds. The average Bonchev–Trinajstić information content (AvgIpc) is 4.03. The Morgan fingerprint density at radius 3 is 1.23 bits per heavy atom. The molecule has 0 unspecified atom stereocenters. The summed E-state index contributed by atoms with van der Waals surface area (Å²) >= 11 is 0. The molecule has 0 saturated heterocycles. The Morgan fingerprint density at radius 2 is 0.719 bits per heavy atom. The molecule has 4 aromatic carbocycles. The maximum atomic E-state index is 5.54. The summed E-state index contributed by atoms with van der Waals surface area (Å²) in [5.74, 6) is 0. The summed E-state index contributed by atoms with van der Waals surface area (Å²) in [6, 6.07) is 53.1. The van der Waals surface area contributed by atoms with Crippen molar-refractivity contribution < 1.29 is 0 Å². The number of nitrogens with one attached hydrogen (secondary N) is 1. The van der Waals surface area contributed by atoms with Crippen molar-refractivity contribution in [2.45, 2.75) is 27.7 Å². The van der Waals surface area contributed by atoms with Crippen LogP contribution in [0.3, 0.4) is 0 Å². The van der Waals surface area contributed by atoms with Crippen LogP contribution < -0.4 is 10.7 Å².